The van der Waals surface area contributed by atoms with Crippen LogP contribution < -0.4 is 15.7 Å². The largest absolute Gasteiger partial charge is 0.376 e. The topological polar surface area (TPSA) is 8.17 Å². The van der Waals surface area contributed by atoms with Crippen molar-refractivity contribution in [1.29, 1.82) is 0 Å². The van der Waals surface area contributed by atoms with Crippen molar-refractivity contribution in [3.05, 3.63) is 172 Å². The summed E-state index contributed by atoms with van der Waals surface area (Å²) in [5, 5.41) is 5.41. The highest BCUT2D eigenvalue weighted by atomic mass is 32.1. The number of rotatable bonds is 1. The van der Waals surface area contributed by atoms with Crippen molar-refractivity contribution in [2.45, 2.75) is 116 Å². The quantitative estimate of drug-likeness (QED) is 0.149. The fourth-order valence-corrected chi connectivity index (χ4v) is 15.7. The number of aromatic nitrogens is 1. The standard InChI is InChI=1S/C66H59BN2S/c1-62(2,3)36-20-22-37(23-21-36)69-54-34-49-42(43-31-50-51(33-48(43)66(49,10)11)64(6,7)29-28-63(50,4)5)30-44(54)39-24-25-41-59-53(27-26-47-58(59)40-17-12-14-18-46(40)65(47,8)9)68-55-35-57-45(38-16-13-15-19-56(38)70-57)32-52(55)67(69)60(39)61(41)68/h12-27,30-35H,28-29H2,1-11H3. The summed E-state index contributed by atoms with van der Waals surface area (Å²) in [4.78, 5) is 2.77. The van der Waals surface area contributed by atoms with Crippen LogP contribution in [0.25, 0.3) is 81.0 Å². The lowest BCUT2D eigenvalue weighted by Gasteiger charge is -2.42. The molecule has 3 aliphatic carbocycles. The fourth-order valence-electron chi connectivity index (χ4n) is 14.6. The van der Waals surface area contributed by atoms with Crippen LogP contribution in [0, 0.1) is 0 Å². The maximum atomic E-state index is 2.77. The minimum atomic E-state index is -0.179. The Bertz CT molecular complexity index is 4050. The first kappa shape index (κ1) is 41.4. The first-order valence-corrected chi connectivity index (χ1v) is 26.6. The first-order chi connectivity index (χ1) is 33.3. The van der Waals surface area contributed by atoms with Gasteiger partial charge in [0.05, 0.1) is 11.0 Å². The number of nitrogens with zero attached hydrogens (tertiary/aromatic N) is 2. The van der Waals surface area contributed by atoms with E-state index in [0.29, 0.717) is 0 Å². The Kier molecular flexibility index (Phi) is 7.66. The van der Waals surface area contributed by atoms with E-state index in [1.54, 1.807) is 5.56 Å². The van der Waals surface area contributed by atoms with Crippen LogP contribution in [-0.2, 0) is 27.1 Å². The molecule has 0 N–H and O–H groups in total. The summed E-state index contributed by atoms with van der Waals surface area (Å²) in [6.07, 6.45) is 2.41. The highest BCUT2D eigenvalue weighted by Gasteiger charge is 2.48. The third-order valence-corrected chi connectivity index (χ3v) is 19.7. The van der Waals surface area contributed by atoms with Gasteiger partial charge in [-0.3, -0.25) is 0 Å². The Labute approximate surface area is 417 Å². The van der Waals surface area contributed by atoms with Gasteiger partial charge in [-0.25, -0.2) is 0 Å². The summed E-state index contributed by atoms with van der Waals surface area (Å²) < 4.78 is 5.37. The molecule has 5 aliphatic rings. The van der Waals surface area contributed by atoms with Crippen LogP contribution in [-0.4, -0.2) is 11.4 Å². The predicted octanol–water partition coefficient (Wildman–Crippen LogP) is 16.6. The second-order valence-corrected chi connectivity index (χ2v) is 26.2. The molecule has 0 saturated heterocycles. The van der Waals surface area contributed by atoms with Crippen LogP contribution in [0.3, 0.4) is 0 Å². The molecule has 8 aromatic carbocycles. The SMILES string of the molecule is CC(C)(C)c1ccc(N2B3c4cc5c(cc4-n4c6ccc7c(c6c6ccc(c3c64)-c3cc4c(cc32)C(C)(C)c2cc3c(cc2-4)C(C)(C)CCC3(C)C)-c2ccccc2C7(C)C)sc2ccccc25)cc1. The maximum Gasteiger partial charge on any atom is 0.333 e. The summed E-state index contributed by atoms with van der Waals surface area (Å²) >= 11 is 1.93. The van der Waals surface area contributed by atoms with Crippen molar-refractivity contribution >= 4 is 82.5 Å². The van der Waals surface area contributed by atoms with Crippen LogP contribution >= 0.6 is 11.3 Å². The molecule has 0 spiro atoms. The van der Waals surface area contributed by atoms with Gasteiger partial charge in [-0.05, 0) is 155 Å². The van der Waals surface area contributed by atoms with Gasteiger partial charge in [-0.15, -0.1) is 11.3 Å². The van der Waals surface area contributed by atoms with Gasteiger partial charge in [0.25, 0.3) is 0 Å². The number of hydrogen-bond acceptors (Lipinski definition) is 2. The predicted molar refractivity (Wildman–Crippen MR) is 302 cm³/mol. The zero-order chi connectivity index (χ0) is 47.9. The molecule has 0 fully saturated rings. The molecule has 0 amide bonds. The molecule has 0 atom stereocenters. The molecule has 10 aromatic rings. The van der Waals surface area contributed by atoms with E-state index in [4.69, 9.17) is 0 Å². The fraction of sp³-hybridized carbons (Fsp3) is 0.273. The highest BCUT2D eigenvalue weighted by molar-refractivity contribution is 7.26. The smallest absolute Gasteiger partial charge is 0.333 e. The summed E-state index contributed by atoms with van der Waals surface area (Å²) in [5.41, 5.74) is 27.7. The van der Waals surface area contributed by atoms with Gasteiger partial charge in [0.2, 0.25) is 0 Å². The third-order valence-electron chi connectivity index (χ3n) is 18.6. The zero-order valence-corrected chi connectivity index (χ0v) is 43.3. The normalized spacial score (nSPS) is 17.9. The van der Waals surface area contributed by atoms with Gasteiger partial charge in [-0.1, -0.05) is 161 Å². The molecule has 15 rings (SSSR count). The minimum absolute atomic E-state index is 0.0352. The molecule has 0 saturated carbocycles. The van der Waals surface area contributed by atoms with Crippen LogP contribution in [0.2, 0.25) is 0 Å². The second kappa shape index (κ2) is 12.9. The minimum Gasteiger partial charge on any atom is -0.376 e. The molecule has 4 heteroatoms. The average molecular weight is 923 g/mol. The Hall–Kier alpha value is -6.36. The maximum absolute atomic E-state index is 2.77. The molecule has 342 valence electrons. The Balaban J connectivity index is 1.10. The molecule has 0 radical (unpaired) electrons. The molecule has 0 unspecified atom stereocenters. The Morgan fingerprint density at radius 2 is 1.19 bits per heavy atom. The summed E-state index contributed by atoms with van der Waals surface area (Å²) in [7, 11) is 0. The summed E-state index contributed by atoms with van der Waals surface area (Å²) in [6.45, 7) is 26.6. The molecule has 2 nitrogen and oxygen atoms in total. The van der Waals surface area contributed by atoms with Crippen LogP contribution in [0.5, 0.6) is 0 Å². The Morgan fingerprint density at radius 3 is 1.96 bits per heavy atom. The zero-order valence-electron chi connectivity index (χ0n) is 42.5. The van der Waals surface area contributed by atoms with Crippen molar-refractivity contribution in [1.82, 2.24) is 4.57 Å². The van der Waals surface area contributed by atoms with Gasteiger partial charge in [0.15, 0.2) is 0 Å². The highest BCUT2D eigenvalue weighted by Crippen LogP contribution is 2.59. The van der Waals surface area contributed by atoms with Crippen LogP contribution in [0.1, 0.15) is 128 Å². The van der Waals surface area contributed by atoms with E-state index < -0.39 is 0 Å². The van der Waals surface area contributed by atoms with Gasteiger partial charge in [-0.2, -0.15) is 0 Å². The van der Waals surface area contributed by atoms with E-state index in [1.807, 2.05) is 11.3 Å². The lowest BCUT2D eigenvalue weighted by atomic mass is 9.44. The average Bonchev–Trinajstić information content (AvgIpc) is 4.01. The molecule has 0 bridgehead atoms. The summed E-state index contributed by atoms with van der Waals surface area (Å²) in [6, 6.07) is 53.5. The van der Waals surface area contributed by atoms with Crippen molar-refractivity contribution in [3.63, 3.8) is 0 Å². The van der Waals surface area contributed by atoms with E-state index in [9.17, 15) is 0 Å². The van der Waals surface area contributed by atoms with E-state index in [-0.39, 0.29) is 33.9 Å². The van der Waals surface area contributed by atoms with Crippen LogP contribution in [0.4, 0.5) is 11.4 Å². The van der Waals surface area contributed by atoms with E-state index >= 15 is 0 Å². The lowest BCUT2D eigenvalue weighted by molar-refractivity contribution is 0.331. The molecular weight excluding hydrogens is 864 g/mol. The van der Waals surface area contributed by atoms with Crippen molar-refractivity contribution < 1.29 is 0 Å². The van der Waals surface area contributed by atoms with E-state index in [1.165, 1.54) is 150 Å². The second-order valence-electron chi connectivity index (χ2n) is 25.1. The molecule has 2 aliphatic heterocycles. The van der Waals surface area contributed by atoms with E-state index in [2.05, 4.69) is 219 Å². The van der Waals surface area contributed by atoms with E-state index in [0.717, 1.165) is 0 Å². The van der Waals surface area contributed by atoms with Gasteiger partial charge < -0.3 is 9.38 Å². The first-order valence-electron chi connectivity index (χ1n) is 25.8. The Morgan fingerprint density at radius 1 is 0.500 bits per heavy atom. The van der Waals surface area contributed by atoms with Crippen molar-refractivity contribution in [3.8, 4) is 39.1 Å². The molecule has 70 heavy (non-hydrogen) atoms. The third kappa shape index (κ3) is 5.01. The molecule has 2 aromatic heterocycles. The number of fused-ring (bicyclic) bond motifs is 19. The number of hydrogen-bond donors (Lipinski definition) is 0. The molecular formula is C66H59BN2S. The van der Waals surface area contributed by atoms with Crippen molar-refractivity contribution in [2.75, 3.05) is 4.81 Å². The number of thiophene rings is 1. The van der Waals surface area contributed by atoms with Crippen LogP contribution in [0.15, 0.2) is 133 Å². The lowest BCUT2D eigenvalue weighted by Crippen LogP contribution is -2.60. The number of benzene rings is 8. The monoisotopic (exact) mass is 922 g/mol. The van der Waals surface area contributed by atoms with Gasteiger partial charge >= 0.3 is 6.85 Å². The van der Waals surface area contributed by atoms with Gasteiger partial charge in [0.1, 0.15) is 0 Å². The summed E-state index contributed by atoms with van der Waals surface area (Å²) in [5.74, 6) is 0. The number of anilines is 2. The molecule has 4 heterocycles. The van der Waals surface area contributed by atoms with Crippen molar-refractivity contribution in [2.24, 2.45) is 0 Å². The van der Waals surface area contributed by atoms with Gasteiger partial charge in [0, 0.05) is 64.4 Å².